The second-order valence-corrected chi connectivity index (χ2v) is 8.13. The SMILES string of the molecule is NC(=O)NC(CC(=O)N1CCc2sccc2C1c1ccccc1)c1ccccc1. The van der Waals surface area contributed by atoms with Crippen LogP contribution in [0.2, 0.25) is 0 Å². The fourth-order valence-corrected chi connectivity index (χ4v) is 4.88. The van der Waals surface area contributed by atoms with E-state index in [0.29, 0.717) is 6.54 Å². The fourth-order valence-electron chi connectivity index (χ4n) is 3.98. The molecule has 2 aromatic carbocycles. The predicted octanol–water partition coefficient (Wildman–Crippen LogP) is 4.02. The summed E-state index contributed by atoms with van der Waals surface area (Å²) in [6, 6.07) is 20.5. The van der Waals surface area contributed by atoms with Crippen molar-refractivity contribution in [2.75, 3.05) is 6.54 Å². The zero-order chi connectivity index (χ0) is 20.2. The van der Waals surface area contributed by atoms with Gasteiger partial charge in [0.15, 0.2) is 0 Å². The first-order valence-corrected chi connectivity index (χ1v) is 10.5. The molecule has 3 amide bonds. The zero-order valence-electron chi connectivity index (χ0n) is 16.0. The summed E-state index contributed by atoms with van der Waals surface area (Å²) >= 11 is 1.75. The molecular weight excluding hydrogens is 382 g/mol. The normalized spacial score (nSPS) is 16.7. The first-order valence-electron chi connectivity index (χ1n) is 9.65. The highest BCUT2D eigenvalue weighted by atomic mass is 32.1. The lowest BCUT2D eigenvalue weighted by Crippen LogP contribution is -2.42. The van der Waals surface area contributed by atoms with Gasteiger partial charge in [-0.3, -0.25) is 4.79 Å². The number of benzene rings is 2. The van der Waals surface area contributed by atoms with Gasteiger partial charge in [0.2, 0.25) is 5.91 Å². The molecule has 3 aromatic rings. The van der Waals surface area contributed by atoms with Gasteiger partial charge in [-0.05, 0) is 34.6 Å². The Bertz CT molecular complexity index is 988. The van der Waals surface area contributed by atoms with E-state index in [2.05, 4.69) is 28.9 Å². The number of amides is 3. The predicted molar refractivity (Wildman–Crippen MR) is 115 cm³/mol. The quantitative estimate of drug-likeness (QED) is 0.673. The Labute approximate surface area is 174 Å². The molecular formula is C23H23N3O2S. The summed E-state index contributed by atoms with van der Waals surface area (Å²) in [6.07, 6.45) is 1.01. The molecule has 3 N–H and O–H groups in total. The molecule has 1 aliphatic rings. The van der Waals surface area contributed by atoms with Crippen molar-refractivity contribution in [3.8, 4) is 0 Å². The molecule has 148 valence electrons. The highest BCUT2D eigenvalue weighted by Gasteiger charge is 2.33. The summed E-state index contributed by atoms with van der Waals surface area (Å²) in [7, 11) is 0. The van der Waals surface area contributed by atoms with Crippen LogP contribution in [0.5, 0.6) is 0 Å². The molecule has 29 heavy (non-hydrogen) atoms. The van der Waals surface area contributed by atoms with Crippen molar-refractivity contribution in [3.63, 3.8) is 0 Å². The molecule has 0 bridgehead atoms. The number of hydrogen-bond acceptors (Lipinski definition) is 3. The fraction of sp³-hybridized carbons (Fsp3) is 0.217. The van der Waals surface area contributed by atoms with Gasteiger partial charge in [-0.25, -0.2) is 4.79 Å². The summed E-state index contributed by atoms with van der Waals surface area (Å²) in [5.41, 5.74) is 8.53. The lowest BCUT2D eigenvalue weighted by Gasteiger charge is -2.37. The number of carbonyl (C=O) groups is 2. The van der Waals surface area contributed by atoms with Crippen molar-refractivity contribution in [3.05, 3.63) is 93.7 Å². The van der Waals surface area contributed by atoms with E-state index < -0.39 is 12.1 Å². The minimum Gasteiger partial charge on any atom is -0.352 e. The van der Waals surface area contributed by atoms with Gasteiger partial charge in [0, 0.05) is 11.4 Å². The third-order valence-electron chi connectivity index (χ3n) is 5.30. The second kappa shape index (κ2) is 8.49. The molecule has 5 nitrogen and oxygen atoms in total. The number of primary amides is 1. The molecule has 2 atom stereocenters. The van der Waals surface area contributed by atoms with Crippen LogP contribution in [0.1, 0.15) is 40.1 Å². The summed E-state index contributed by atoms with van der Waals surface area (Å²) in [4.78, 5) is 28.2. The Morgan fingerprint density at radius 2 is 1.76 bits per heavy atom. The van der Waals surface area contributed by atoms with Crippen molar-refractivity contribution in [1.29, 1.82) is 0 Å². The standard InChI is InChI=1S/C23H23N3O2S/c24-23(28)25-19(16-7-3-1-4-8-16)15-21(27)26-13-11-20-18(12-14-29-20)22(26)17-9-5-2-6-10-17/h1-10,12,14,19,22H,11,13,15H2,(H3,24,25,28). The van der Waals surface area contributed by atoms with Crippen LogP contribution < -0.4 is 11.1 Å². The van der Waals surface area contributed by atoms with Gasteiger partial charge in [-0.2, -0.15) is 0 Å². The first kappa shape index (κ1) is 19.2. The Hall–Kier alpha value is -3.12. The first-order chi connectivity index (χ1) is 14.1. The number of carbonyl (C=O) groups excluding carboxylic acids is 2. The molecule has 0 radical (unpaired) electrons. The molecule has 0 saturated carbocycles. The van der Waals surface area contributed by atoms with E-state index >= 15 is 0 Å². The molecule has 2 unspecified atom stereocenters. The van der Waals surface area contributed by atoms with Gasteiger partial charge in [0.1, 0.15) is 0 Å². The van der Waals surface area contributed by atoms with Crippen molar-refractivity contribution in [1.82, 2.24) is 10.2 Å². The van der Waals surface area contributed by atoms with E-state index in [4.69, 9.17) is 5.73 Å². The Morgan fingerprint density at radius 1 is 1.07 bits per heavy atom. The summed E-state index contributed by atoms with van der Waals surface area (Å²) in [5.74, 6) is -0.00157. The molecule has 1 aliphatic heterocycles. The van der Waals surface area contributed by atoms with Crippen LogP contribution in [-0.2, 0) is 11.2 Å². The molecule has 1 aromatic heterocycles. The number of hydrogen-bond donors (Lipinski definition) is 2. The average molecular weight is 406 g/mol. The van der Waals surface area contributed by atoms with Crippen molar-refractivity contribution < 1.29 is 9.59 Å². The molecule has 0 aliphatic carbocycles. The number of nitrogens with one attached hydrogen (secondary N) is 1. The smallest absolute Gasteiger partial charge is 0.312 e. The molecule has 0 saturated heterocycles. The van der Waals surface area contributed by atoms with Gasteiger partial charge >= 0.3 is 6.03 Å². The van der Waals surface area contributed by atoms with Crippen LogP contribution in [0, 0.1) is 0 Å². The maximum atomic E-state index is 13.4. The van der Waals surface area contributed by atoms with Gasteiger partial charge in [-0.15, -0.1) is 11.3 Å². The van der Waals surface area contributed by atoms with E-state index in [-0.39, 0.29) is 18.4 Å². The van der Waals surface area contributed by atoms with E-state index in [1.807, 2.05) is 53.4 Å². The van der Waals surface area contributed by atoms with E-state index in [1.165, 1.54) is 10.4 Å². The van der Waals surface area contributed by atoms with Crippen molar-refractivity contribution >= 4 is 23.3 Å². The molecule has 0 fully saturated rings. The minimum absolute atomic E-state index is 0.00157. The Kier molecular flexibility index (Phi) is 5.62. The van der Waals surface area contributed by atoms with Crippen LogP contribution in [0.25, 0.3) is 0 Å². The number of nitrogens with two attached hydrogens (primary N) is 1. The van der Waals surface area contributed by atoms with E-state index in [1.54, 1.807) is 11.3 Å². The number of urea groups is 1. The van der Waals surface area contributed by atoms with E-state index in [9.17, 15) is 9.59 Å². The van der Waals surface area contributed by atoms with Crippen molar-refractivity contribution in [2.45, 2.75) is 24.9 Å². The van der Waals surface area contributed by atoms with Gasteiger partial charge in [0.25, 0.3) is 0 Å². The van der Waals surface area contributed by atoms with Crippen LogP contribution in [0.15, 0.2) is 72.1 Å². The lowest BCUT2D eigenvalue weighted by atomic mass is 9.92. The number of thiophene rings is 1. The molecule has 2 heterocycles. The zero-order valence-corrected chi connectivity index (χ0v) is 16.8. The third-order valence-corrected chi connectivity index (χ3v) is 6.30. The van der Waals surface area contributed by atoms with Gasteiger partial charge < -0.3 is 16.0 Å². The van der Waals surface area contributed by atoms with E-state index in [0.717, 1.165) is 17.5 Å². The summed E-state index contributed by atoms with van der Waals surface area (Å²) < 4.78 is 0. The molecule has 4 rings (SSSR count). The van der Waals surface area contributed by atoms with Crippen LogP contribution >= 0.6 is 11.3 Å². The number of fused-ring (bicyclic) bond motifs is 1. The van der Waals surface area contributed by atoms with Crippen molar-refractivity contribution in [2.24, 2.45) is 5.73 Å². The molecule has 6 heteroatoms. The van der Waals surface area contributed by atoms with Crippen LogP contribution in [-0.4, -0.2) is 23.4 Å². The maximum Gasteiger partial charge on any atom is 0.312 e. The highest BCUT2D eigenvalue weighted by molar-refractivity contribution is 7.10. The van der Waals surface area contributed by atoms with Crippen LogP contribution in [0.4, 0.5) is 4.79 Å². The third kappa shape index (κ3) is 4.17. The minimum atomic E-state index is -0.634. The Balaban J connectivity index is 1.63. The second-order valence-electron chi connectivity index (χ2n) is 7.13. The number of nitrogens with zero attached hydrogens (tertiary/aromatic N) is 1. The van der Waals surface area contributed by atoms with Crippen LogP contribution in [0.3, 0.4) is 0 Å². The number of rotatable bonds is 5. The lowest BCUT2D eigenvalue weighted by molar-refractivity contribution is -0.133. The largest absolute Gasteiger partial charge is 0.352 e. The van der Waals surface area contributed by atoms with Gasteiger partial charge in [0.05, 0.1) is 18.5 Å². The monoisotopic (exact) mass is 405 g/mol. The molecule has 0 spiro atoms. The average Bonchev–Trinajstić information content (AvgIpc) is 3.22. The topological polar surface area (TPSA) is 75.4 Å². The maximum absolute atomic E-state index is 13.4. The summed E-state index contributed by atoms with van der Waals surface area (Å²) in [5, 5.41) is 4.82. The summed E-state index contributed by atoms with van der Waals surface area (Å²) in [6.45, 7) is 0.657. The Morgan fingerprint density at radius 3 is 2.45 bits per heavy atom. The van der Waals surface area contributed by atoms with Gasteiger partial charge in [-0.1, -0.05) is 60.7 Å². The highest BCUT2D eigenvalue weighted by Crippen LogP contribution is 2.38.